The Morgan fingerprint density at radius 3 is 2.40 bits per heavy atom. The number of halogens is 1. The summed E-state index contributed by atoms with van der Waals surface area (Å²) in [7, 11) is 0. The molecule has 1 unspecified atom stereocenters. The van der Waals surface area contributed by atoms with Crippen LogP contribution in [0.1, 0.15) is 37.0 Å². The van der Waals surface area contributed by atoms with Gasteiger partial charge in [0.25, 0.3) is 0 Å². The summed E-state index contributed by atoms with van der Waals surface area (Å²) in [6.07, 6.45) is 2.40. The maximum absolute atomic E-state index is 3.74. The molecule has 0 aliphatic carbocycles. The third-order valence-corrected chi connectivity index (χ3v) is 4.43. The van der Waals surface area contributed by atoms with Crippen LogP contribution in [0.25, 0.3) is 0 Å². The number of alkyl halides is 1. The topological polar surface area (TPSA) is 0 Å². The van der Waals surface area contributed by atoms with E-state index in [-0.39, 0.29) is 0 Å². The molecule has 0 nitrogen and oxygen atoms in total. The van der Waals surface area contributed by atoms with Gasteiger partial charge < -0.3 is 0 Å². The summed E-state index contributed by atoms with van der Waals surface area (Å²) in [5.74, 6) is 0.718. The second kappa shape index (κ2) is 5.69. The Bertz CT molecular complexity index is 315. The largest absolute Gasteiger partial charge is 0.0888 e. The van der Waals surface area contributed by atoms with Crippen molar-refractivity contribution in [2.75, 3.05) is 0 Å². The highest BCUT2D eigenvalue weighted by Gasteiger charge is 2.09. The normalized spacial score (nSPS) is 13.2. The molecule has 0 radical (unpaired) electrons. The van der Waals surface area contributed by atoms with Gasteiger partial charge in [0.2, 0.25) is 0 Å². The molecule has 1 atom stereocenters. The molecule has 1 aromatic rings. The van der Waals surface area contributed by atoms with E-state index in [4.69, 9.17) is 0 Å². The van der Waals surface area contributed by atoms with Gasteiger partial charge in [-0.3, -0.25) is 0 Å². The van der Waals surface area contributed by atoms with E-state index in [1.807, 2.05) is 0 Å². The Kier molecular flexibility index (Phi) is 4.85. The van der Waals surface area contributed by atoms with Gasteiger partial charge in [0.1, 0.15) is 0 Å². The van der Waals surface area contributed by atoms with E-state index in [0.717, 1.165) is 5.92 Å². The van der Waals surface area contributed by atoms with Crippen molar-refractivity contribution in [3.8, 4) is 0 Å². The molecule has 0 aliphatic heterocycles. The predicted octanol–water partition coefficient (Wildman–Crippen LogP) is 4.66. The van der Waals surface area contributed by atoms with E-state index in [0.29, 0.717) is 4.83 Å². The molecule has 0 saturated carbocycles. The average molecular weight is 269 g/mol. The van der Waals surface area contributed by atoms with E-state index in [2.05, 4.69) is 61.8 Å². The van der Waals surface area contributed by atoms with E-state index >= 15 is 0 Å². The lowest BCUT2D eigenvalue weighted by Gasteiger charge is -2.14. The summed E-state index contributed by atoms with van der Waals surface area (Å²) >= 11 is 3.74. The molecule has 1 rings (SSSR count). The summed E-state index contributed by atoms with van der Waals surface area (Å²) < 4.78 is 0. The molecule has 15 heavy (non-hydrogen) atoms. The first-order chi connectivity index (χ1) is 7.00. The van der Waals surface area contributed by atoms with Gasteiger partial charge in [0.15, 0.2) is 0 Å². The van der Waals surface area contributed by atoms with Crippen LogP contribution in [0, 0.1) is 19.8 Å². The Morgan fingerprint density at radius 1 is 1.20 bits per heavy atom. The minimum Gasteiger partial charge on any atom is -0.0888 e. The molecule has 1 aromatic carbocycles. The average Bonchev–Trinajstić information content (AvgIpc) is 2.15. The molecule has 0 fully saturated rings. The van der Waals surface area contributed by atoms with Gasteiger partial charge in [-0.1, -0.05) is 53.5 Å². The lowest BCUT2D eigenvalue weighted by atomic mass is 9.98. The zero-order chi connectivity index (χ0) is 11.4. The highest BCUT2D eigenvalue weighted by Crippen LogP contribution is 2.20. The van der Waals surface area contributed by atoms with Crippen LogP contribution in [0.5, 0.6) is 0 Å². The molecule has 0 saturated heterocycles. The second-order valence-corrected chi connectivity index (χ2v) is 5.90. The molecule has 1 heteroatoms. The Balaban J connectivity index is 2.58. The van der Waals surface area contributed by atoms with Gasteiger partial charge >= 0.3 is 0 Å². The zero-order valence-corrected chi connectivity index (χ0v) is 11.8. The van der Waals surface area contributed by atoms with Gasteiger partial charge in [-0.2, -0.15) is 0 Å². The van der Waals surface area contributed by atoms with E-state index in [1.54, 1.807) is 0 Å². The predicted molar refractivity (Wildman–Crippen MR) is 71.8 cm³/mol. The second-order valence-electron chi connectivity index (χ2n) is 4.73. The number of hydrogen-bond donors (Lipinski definition) is 0. The highest BCUT2D eigenvalue weighted by molar-refractivity contribution is 9.09. The van der Waals surface area contributed by atoms with E-state index in [1.165, 1.54) is 29.5 Å². The smallest absolute Gasteiger partial charge is 0.0172 e. The molecule has 84 valence electrons. The minimum atomic E-state index is 0.637. The molecule has 0 N–H and O–H groups in total. The summed E-state index contributed by atoms with van der Waals surface area (Å²) in [4.78, 5) is 0.637. The van der Waals surface area contributed by atoms with Crippen LogP contribution in [0.4, 0.5) is 0 Å². The summed E-state index contributed by atoms with van der Waals surface area (Å²) in [6.45, 7) is 8.89. The van der Waals surface area contributed by atoms with Crippen LogP contribution in [-0.2, 0) is 6.42 Å². The van der Waals surface area contributed by atoms with Crippen molar-refractivity contribution < 1.29 is 0 Å². The fourth-order valence-corrected chi connectivity index (χ4v) is 1.98. The SMILES string of the molecule is Cc1ccc(CCC(Br)C(C)C)c(C)c1. The van der Waals surface area contributed by atoms with Crippen molar-refractivity contribution in [2.45, 2.75) is 45.4 Å². The Hall–Kier alpha value is -0.300. The fraction of sp³-hybridized carbons (Fsp3) is 0.571. The molecule has 0 aromatic heterocycles. The number of aryl methyl sites for hydroxylation is 3. The van der Waals surface area contributed by atoms with Gasteiger partial charge in [-0.05, 0) is 43.7 Å². The van der Waals surface area contributed by atoms with E-state index in [9.17, 15) is 0 Å². The van der Waals surface area contributed by atoms with Crippen molar-refractivity contribution in [2.24, 2.45) is 5.92 Å². The van der Waals surface area contributed by atoms with Crippen molar-refractivity contribution >= 4 is 15.9 Å². The van der Waals surface area contributed by atoms with E-state index < -0.39 is 0 Å². The first kappa shape index (κ1) is 12.8. The standard InChI is InChI=1S/C14H21Br/c1-10(2)14(15)8-7-13-6-5-11(3)9-12(13)4/h5-6,9-10,14H,7-8H2,1-4H3. The number of benzene rings is 1. The van der Waals surface area contributed by atoms with Gasteiger partial charge in [0.05, 0.1) is 0 Å². The fourth-order valence-electron chi connectivity index (χ4n) is 1.75. The molecule has 0 amide bonds. The lowest BCUT2D eigenvalue weighted by Crippen LogP contribution is -2.08. The van der Waals surface area contributed by atoms with Crippen LogP contribution in [0.2, 0.25) is 0 Å². The van der Waals surface area contributed by atoms with Gasteiger partial charge in [-0.15, -0.1) is 0 Å². The third-order valence-electron chi connectivity index (χ3n) is 2.91. The quantitative estimate of drug-likeness (QED) is 0.697. The lowest BCUT2D eigenvalue weighted by molar-refractivity contribution is 0.581. The van der Waals surface area contributed by atoms with Crippen LogP contribution >= 0.6 is 15.9 Å². The highest BCUT2D eigenvalue weighted by atomic mass is 79.9. The zero-order valence-electron chi connectivity index (χ0n) is 10.2. The van der Waals surface area contributed by atoms with Crippen LogP contribution < -0.4 is 0 Å². The molecule has 0 spiro atoms. The molecule has 0 aliphatic rings. The molecule has 0 heterocycles. The van der Waals surface area contributed by atoms with Crippen molar-refractivity contribution in [3.63, 3.8) is 0 Å². The van der Waals surface area contributed by atoms with Crippen molar-refractivity contribution in [1.82, 2.24) is 0 Å². The van der Waals surface area contributed by atoms with Crippen LogP contribution in [0.15, 0.2) is 18.2 Å². The Morgan fingerprint density at radius 2 is 1.87 bits per heavy atom. The van der Waals surface area contributed by atoms with Gasteiger partial charge in [-0.25, -0.2) is 0 Å². The van der Waals surface area contributed by atoms with Gasteiger partial charge in [0, 0.05) is 4.83 Å². The van der Waals surface area contributed by atoms with Crippen molar-refractivity contribution in [3.05, 3.63) is 34.9 Å². The number of hydrogen-bond acceptors (Lipinski definition) is 0. The molecule has 0 bridgehead atoms. The first-order valence-corrected chi connectivity index (χ1v) is 6.62. The molecular weight excluding hydrogens is 248 g/mol. The van der Waals surface area contributed by atoms with Crippen molar-refractivity contribution in [1.29, 1.82) is 0 Å². The third kappa shape index (κ3) is 3.98. The Labute approximate surface area is 102 Å². The minimum absolute atomic E-state index is 0.637. The summed E-state index contributed by atoms with van der Waals surface area (Å²) in [5, 5.41) is 0. The monoisotopic (exact) mass is 268 g/mol. The number of rotatable bonds is 4. The molecular formula is C14H21Br. The van der Waals surface area contributed by atoms with Crippen LogP contribution in [0.3, 0.4) is 0 Å². The maximum atomic E-state index is 3.74. The maximum Gasteiger partial charge on any atom is 0.0172 e. The summed E-state index contributed by atoms with van der Waals surface area (Å²) in [5.41, 5.74) is 4.28. The first-order valence-electron chi connectivity index (χ1n) is 5.71. The summed E-state index contributed by atoms with van der Waals surface area (Å²) in [6, 6.07) is 6.75. The van der Waals surface area contributed by atoms with Crippen LogP contribution in [-0.4, -0.2) is 4.83 Å².